The summed E-state index contributed by atoms with van der Waals surface area (Å²) in [6, 6.07) is 14.8. The Labute approximate surface area is 223 Å². The summed E-state index contributed by atoms with van der Waals surface area (Å²) in [5.74, 6) is -0.773. The molecule has 0 aliphatic carbocycles. The first kappa shape index (κ1) is 29.7. The molecule has 35 heavy (non-hydrogen) atoms. The number of fused-ring (bicyclic) bond motifs is 2. The van der Waals surface area contributed by atoms with Crippen molar-refractivity contribution in [2.24, 2.45) is 5.73 Å². The van der Waals surface area contributed by atoms with Crippen molar-refractivity contribution in [2.45, 2.75) is 29.1 Å². The van der Waals surface area contributed by atoms with E-state index in [1.165, 1.54) is 21.2 Å². The summed E-state index contributed by atoms with van der Waals surface area (Å²) >= 11 is 8.12. The van der Waals surface area contributed by atoms with Crippen molar-refractivity contribution >= 4 is 53.1 Å². The number of aliphatic hydroxyl groups is 1. The van der Waals surface area contributed by atoms with Crippen molar-refractivity contribution in [3.05, 3.63) is 47.5 Å². The van der Waals surface area contributed by atoms with Gasteiger partial charge in [-0.2, -0.15) is 0 Å². The van der Waals surface area contributed by atoms with Gasteiger partial charge in [-0.15, -0.1) is 12.4 Å². The molecule has 0 saturated carbocycles. The van der Waals surface area contributed by atoms with Crippen LogP contribution in [-0.2, 0) is 4.79 Å². The number of carboxylic acid groups (broad SMARTS) is 1. The van der Waals surface area contributed by atoms with Gasteiger partial charge in [0.1, 0.15) is 0 Å². The van der Waals surface area contributed by atoms with Crippen LogP contribution in [0.1, 0.15) is 19.3 Å². The molecule has 0 amide bonds. The van der Waals surface area contributed by atoms with Crippen LogP contribution < -0.4 is 10.6 Å². The van der Waals surface area contributed by atoms with Crippen molar-refractivity contribution in [3.8, 4) is 0 Å². The van der Waals surface area contributed by atoms with Gasteiger partial charge in [0.05, 0.1) is 18.0 Å². The fraction of sp³-hybridized carbons (Fsp3) is 0.480. The molecule has 2 aromatic rings. The standard InChI is InChI=1S/C21H26ClN3OS.C4H9NO2.ClH/c22-17-6-7-21-19(16-17)25(18-4-1-2-5-20(18)27-21)9-3-8-23-10-12-24(13-11-23)14-15-26;5-3-1-2-4(6)7;/h1-2,4-7,16,26H,3,8-15H2;1-3,5H2,(H,6,7);1H. The fourth-order valence-electron chi connectivity index (χ4n) is 4.13. The number of rotatable bonds is 9. The van der Waals surface area contributed by atoms with Crippen molar-refractivity contribution < 1.29 is 15.0 Å². The highest BCUT2D eigenvalue weighted by Gasteiger charge is 2.23. The van der Waals surface area contributed by atoms with Gasteiger partial charge in [-0.1, -0.05) is 35.5 Å². The van der Waals surface area contributed by atoms with Crippen LogP contribution in [-0.4, -0.2) is 84.9 Å². The first-order chi connectivity index (χ1) is 16.5. The molecule has 2 aliphatic heterocycles. The van der Waals surface area contributed by atoms with Gasteiger partial charge in [0.2, 0.25) is 0 Å². The first-order valence-electron chi connectivity index (χ1n) is 11.8. The minimum atomic E-state index is -0.773. The largest absolute Gasteiger partial charge is 0.481 e. The Kier molecular flexibility index (Phi) is 13.2. The maximum atomic E-state index is 9.70. The van der Waals surface area contributed by atoms with Crippen LogP contribution in [0.15, 0.2) is 52.3 Å². The third-order valence-electron chi connectivity index (χ3n) is 5.92. The molecule has 0 unspecified atom stereocenters. The van der Waals surface area contributed by atoms with E-state index in [4.69, 9.17) is 27.5 Å². The fourth-order valence-corrected chi connectivity index (χ4v) is 5.37. The molecule has 10 heteroatoms. The van der Waals surface area contributed by atoms with Crippen molar-refractivity contribution in [2.75, 3.05) is 63.9 Å². The first-order valence-corrected chi connectivity index (χ1v) is 13.0. The SMILES string of the molecule is Cl.NCCCC(=O)O.OCCN1CCN(CCCN2c3ccccc3Sc3ccc(Cl)cc32)CC1. The van der Waals surface area contributed by atoms with Gasteiger partial charge >= 0.3 is 5.97 Å². The van der Waals surface area contributed by atoms with E-state index in [-0.39, 0.29) is 25.4 Å². The zero-order valence-electron chi connectivity index (χ0n) is 19.9. The Morgan fingerprint density at radius 3 is 2.23 bits per heavy atom. The zero-order valence-corrected chi connectivity index (χ0v) is 22.3. The second kappa shape index (κ2) is 15.6. The summed E-state index contributed by atoms with van der Waals surface area (Å²) in [5.41, 5.74) is 7.52. The summed E-state index contributed by atoms with van der Waals surface area (Å²) in [6.07, 6.45) is 1.89. The van der Waals surface area contributed by atoms with E-state index < -0.39 is 5.97 Å². The number of carbonyl (C=O) groups is 1. The lowest BCUT2D eigenvalue weighted by Gasteiger charge is -2.36. The molecule has 0 bridgehead atoms. The lowest BCUT2D eigenvalue weighted by molar-refractivity contribution is -0.137. The number of halogens is 2. The maximum Gasteiger partial charge on any atom is 0.303 e. The molecule has 2 aromatic carbocycles. The second-order valence-corrected chi connectivity index (χ2v) is 9.90. The van der Waals surface area contributed by atoms with E-state index in [0.29, 0.717) is 13.0 Å². The monoisotopic (exact) mass is 542 g/mol. The van der Waals surface area contributed by atoms with Gasteiger partial charge in [-0.3, -0.25) is 9.69 Å². The van der Waals surface area contributed by atoms with E-state index in [1.54, 1.807) is 0 Å². The van der Waals surface area contributed by atoms with Crippen LogP contribution in [0, 0.1) is 0 Å². The van der Waals surface area contributed by atoms with Crippen LogP contribution in [0.2, 0.25) is 5.02 Å². The van der Waals surface area contributed by atoms with Crippen LogP contribution in [0.25, 0.3) is 0 Å². The second-order valence-electron chi connectivity index (χ2n) is 8.38. The van der Waals surface area contributed by atoms with Crippen molar-refractivity contribution in [1.29, 1.82) is 0 Å². The topological polar surface area (TPSA) is 93.3 Å². The average molecular weight is 544 g/mol. The van der Waals surface area contributed by atoms with Gasteiger partial charge < -0.3 is 25.7 Å². The normalized spacial score (nSPS) is 15.3. The summed E-state index contributed by atoms with van der Waals surface area (Å²) in [6.45, 7) is 7.92. The summed E-state index contributed by atoms with van der Waals surface area (Å²) in [4.78, 5) is 19.6. The molecule has 194 valence electrons. The third-order valence-corrected chi connectivity index (χ3v) is 7.29. The number of benzene rings is 2. The summed E-state index contributed by atoms with van der Waals surface area (Å²) in [7, 11) is 0. The number of aliphatic carboxylic acids is 1. The van der Waals surface area contributed by atoms with Crippen LogP contribution in [0.4, 0.5) is 11.4 Å². The Bertz CT molecular complexity index is 929. The van der Waals surface area contributed by atoms with Crippen LogP contribution in [0.3, 0.4) is 0 Å². The smallest absolute Gasteiger partial charge is 0.303 e. The van der Waals surface area contributed by atoms with Gasteiger partial charge in [-0.25, -0.2) is 0 Å². The highest BCUT2D eigenvalue weighted by Crippen LogP contribution is 2.48. The molecular formula is C25H36Cl2N4O3S. The highest BCUT2D eigenvalue weighted by atomic mass is 35.5. The van der Waals surface area contributed by atoms with E-state index in [9.17, 15) is 4.79 Å². The number of β-amino-alcohol motifs (C(OH)–C–C–N with tert-alkyl or cyclic N) is 1. The molecule has 4 N–H and O–H groups in total. The van der Waals surface area contributed by atoms with Gasteiger partial charge in [-0.05, 0) is 56.3 Å². The number of hydrogen-bond donors (Lipinski definition) is 3. The van der Waals surface area contributed by atoms with Crippen molar-refractivity contribution in [3.63, 3.8) is 0 Å². The van der Waals surface area contributed by atoms with Gasteiger partial charge in [0, 0.05) is 60.5 Å². The predicted octanol–water partition coefficient (Wildman–Crippen LogP) is 4.17. The lowest BCUT2D eigenvalue weighted by atomic mass is 10.2. The molecule has 2 aliphatic rings. The quantitative estimate of drug-likeness (QED) is 0.434. The Hall–Kier alpha value is -1.52. The molecule has 0 radical (unpaired) electrons. The summed E-state index contributed by atoms with van der Waals surface area (Å²) in [5, 5.41) is 17.9. The highest BCUT2D eigenvalue weighted by molar-refractivity contribution is 7.99. The lowest BCUT2D eigenvalue weighted by Crippen LogP contribution is -2.47. The maximum absolute atomic E-state index is 9.70. The Balaban J connectivity index is 0.000000476. The molecule has 0 spiro atoms. The van der Waals surface area contributed by atoms with E-state index in [0.717, 1.165) is 57.3 Å². The average Bonchev–Trinajstić information content (AvgIpc) is 2.84. The number of nitrogens with two attached hydrogens (primary N) is 1. The van der Waals surface area contributed by atoms with Crippen molar-refractivity contribution in [1.82, 2.24) is 9.80 Å². The van der Waals surface area contributed by atoms with Crippen LogP contribution in [0.5, 0.6) is 0 Å². The molecule has 0 aromatic heterocycles. The number of anilines is 2. The number of nitrogens with zero attached hydrogens (tertiary/aromatic N) is 3. The minimum absolute atomic E-state index is 0. The molecule has 1 fully saturated rings. The Morgan fingerprint density at radius 2 is 1.60 bits per heavy atom. The number of hydrogen-bond acceptors (Lipinski definition) is 7. The van der Waals surface area contributed by atoms with Crippen LogP contribution >= 0.6 is 35.8 Å². The van der Waals surface area contributed by atoms with E-state index in [1.807, 2.05) is 17.8 Å². The molecular weight excluding hydrogens is 507 g/mol. The third kappa shape index (κ3) is 9.13. The number of piperazine rings is 1. The van der Waals surface area contributed by atoms with Gasteiger partial charge in [0.25, 0.3) is 0 Å². The zero-order chi connectivity index (χ0) is 24.3. The summed E-state index contributed by atoms with van der Waals surface area (Å²) < 4.78 is 0. The molecule has 2 heterocycles. The van der Waals surface area contributed by atoms with Gasteiger partial charge in [0.15, 0.2) is 0 Å². The molecule has 4 rings (SSSR count). The van der Waals surface area contributed by atoms with E-state index >= 15 is 0 Å². The number of aliphatic hydroxyl groups excluding tert-OH is 1. The number of para-hydroxylation sites is 1. The molecule has 0 atom stereocenters. The van der Waals surface area contributed by atoms with E-state index in [2.05, 4.69) is 51.1 Å². The minimum Gasteiger partial charge on any atom is -0.481 e. The molecule has 1 saturated heterocycles. The molecule has 7 nitrogen and oxygen atoms in total. The number of carboxylic acids is 1. The Morgan fingerprint density at radius 1 is 0.943 bits per heavy atom. The predicted molar refractivity (Wildman–Crippen MR) is 147 cm³/mol.